The van der Waals surface area contributed by atoms with Crippen molar-refractivity contribution in [3.63, 3.8) is 0 Å². The van der Waals surface area contributed by atoms with Gasteiger partial charge in [0.15, 0.2) is 0 Å². The molecule has 2 aromatic carbocycles. The summed E-state index contributed by atoms with van der Waals surface area (Å²) in [5, 5.41) is 5.94. The van der Waals surface area contributed by atoms with Crippen LogP contribution in [-0.4, -0.2) is 12.5 Å². The van der Waals surface area contributed by atoms with Crippen LogP contribution in [0.15, 0.2) is 40.9 Å². The summed E-state index contributed by atoms with van der Waals surface area (Å²) in [5.74, 6) is -0.888. The zero-order chi connectivity index (χ0) is 15.4. The summed E-state index contributed by atoms with van der Waals surface area (Å²) in [4.78, 5) is 12.3. The molecule has 0 atom stereocenters. The molecule has 1 amide bonds. The van der Waals surface area contributed by atoms with Gasteiger partial charge in [0.05, 0.1) is 22.0 Å². The fraction of sp³-hybridized carbons (Fsp3) is 0.133. The second-order valence-electron chi connectivity index (χ2n) is 4.27. The molecule has 0 unspecified atom stereocenters. The highest BCUT2D eigenvalue weighted by atomic mass is 79.9. The maximum atomic E-state index is 13.8. The molecular formula is C15H13BrClFN2O. The maximum absolute atomic E-state index is 13.8. The number of carbonyl (C=O) groups is 1. The van der Waals surface area contributed by atoms with E-state index < -0.39 is 11.7 Å². The smallest absolute Gasteiger partial charge is 0.257 e. The van der Waals surface area contributed by atoms with E-state index in [-0.39, 0.29) is 11.3 Å². The Morgan fingerprint density at radius 2 is 2.10 bits per heavy atom. The van der Waals surface area contributed by atoms with E-state index in [1.165, 1.54) is 12.1 Å². The molecular weight excluding hydrogens is 359 g/mol. The number of anilines is 2. The van der Waals surface area contributed by atoms with Gasteiger partial charge < -0.3 is 10.6 Å². The summed E-state index contributed by atoms with van der Waals surface area (Å²) in [7, 11) is 0. The average molecular weight is 372 g/mol. The van der Waals surface area contributed by atoms with Gasteiger partial charge in [-0.1, -0.05) is 33.6 Å². The highest BCUT2D eigenvalue weighted by molar-refractivity contribution is 9.10. The van der Waals surface area contributed by atoms with Crippen molar-refractivity contribution < 1.29 is 9.18 Å². The van der Waals surface area contributed by atoms with Gasteiger partial charge in [0.25, 0.3) is 5.91 Å². The summed E-state index contributed by atoms with van der Waals surface area (Å²) in [6.07, 6.45) is 0. The quantitative estimate of drug-likeness (QED) is 0.800. The van der Waals surface area contributed by atoms with Crippen LogP contribution < -0.4 is 10.6 Å². The second kappa shape index (κ2) is 6.91. The van der Waals surface area contributed by atoms with Crippen LogP contribution in [0.2, 0.25) is 5.02 Å². The molecule has 2 aromatic rings. The van der Waals surface area contributed by atoms with Gasteiger partial charge in [0.2, 0.25) is 0 Å². The second-order valence-corrected chi connectivity index (χ2v) is 5.59. The Hall–Kier alpha value is -1.59. The third-order valence-corrected chi connectivity index (χ3v) is 3.60. The Kier molecular flexibility index (Phi) is 5.20. The van der Waals surface area contributed by atoms with Crippen LogP contribution in [0.25, 0.3) is 0 Å². The minimum absolute atomic E-state index is 0.186. The van der Waals surface area contributed by atoms with Crippen LogP contribution in [0.1, 0.15) is 17.3 Å². The number of nitrogens with one attached hydrogen (secondary N) is 2. The lowest BCUT2D eigenvalue weighted by atomic mass is 10.1. The number of para-hydroxylation sites is 1. The van der Waals surface area contributed by atoms with Crippen LogP contribution in [0.4, 0.5) is 15.8 Å². The first-order valence-corrected chi connectivity index (χ1v) is 7.48. The van der Waals surface area contributed by atoms with Crippen LogP contribution in [0.5, 0.6) is 0 Å². The largest absolute Gasteiger partial charge is 0.382 e. The highest BCUT2D eigenvalue weighted by Crippen LogP contribution is 2.27. The first kappa shape index (κ1) is 15.8. The normalized spacial score (nSPS) is 10.3. The molecule has 0 fully saturated rings. The number of carbonyl (C=O) groups excluding carboxylic acids is 1. The lowest BCUT2D eigenvalue weighted by molar-refractivity contribution is 0.102. The molecule has 6 heteroatoms. The average Bonchev–Trinajstić information content (AvgIpc) is 2.44. The topological polar surface area (TPSA) is 41.1 Å². The van der Waals surface area contributed by atoms with Gasteiger partial charge in [-0.05, 0) is 37.3 Å². The van der Waals surface area contributed by atoms with Gasteiger partial charge >= 0.3 is 0 Å². The van der Waals surface area contributed by atoms with E-state index in [0.29, 0.717) is 17.3 Å². The first-order valence-electron chi connectivity index (χ1n) is 6.31. The predicted molar refractivity (Wildman–Crippen MR) is 87.7 cm³/mol. The van der Waals surface area contributed by atoms with Crippen LogP contribution in [0.3, 0.4) is 0 Å². The van der Waals surface area contributed by atoms with E-state index in [1.54, 1.807) is 24.3 Å². The minimum Gasteiger partial charge on any atom is -0.382 e. The van der Waals surface area contributed by atoms with Crippen LogP contribution in [0, 0.1) is 5.82 Å². The van der Waals surface area contributed by atoms with Crippen LogP contribution in [-0.2, 0) is 0 Å². The number of rotatable bonds is 4. The molecule has 2 N–H and O–H groups in total. The molecule has 3 nitrogen and oxygen atoms in total. The summed E-state index contributed by atoms with van der Waals surface area (Å²) >= 11 is 9.35. The van der Waals surface area contributed by atoms with Gasteiger partial charge in [-0.15, -0.1) is 0 Å². The molecule has 0 saturated carbocycles. The van der Waals surface area contributed by atoms with Gasteiger partial charge in [-0.3, -0.25) is 4.79 Å². The molecule has 0 spiro atoms. The molecule has 0 aliphatic carbocycles. The number of amides is 1. The van der Waals surface area contributed by atoms with E-state index >= 15 is 0 Å². The standard InChI is InChI=1S/C15H13BrClFN2O/c1-2-19-14-10(4-3-5-12(14)18)15(21)20-13-7-6-9(16)8-11(13)17/h3-8,19H,2H2,1H3,(H,20,21). The maximum Gasteiger partial charge on any atom is 0.257 e. The molecule has 0 aliphatic rings. The Morgan fingerprint density at radius 3 is 2.76 bits per heavy atom. The van der Waals surface area contributed by atoms with E-state index in [9.17, 15) is 9.18 Å². The lowest BCUT2D eigenvalue weighted by Crippen LogP contribution is -2.16. The summed E-state index contributed by atoms with van der Waals surface area (Å²) in [6.45, 7) is 2.35. The minimum atomic E-state index is -0.466. The number of halogens is 3. The fourth-order valence-corrected chi connectivity index (χ4v) is 2.57. The zero-order valence-electron chi connectivity index (χ0n) is 11.2. The highest BCUT2D eigenvalue weighted by Gasteiger charge is 2.15. The van der Waals surface area contributed by atoms with Gasteiger partial charge in [0, 0.05) is 11.0 Å². The van der Waals surface area contributed by atoms with E-state index in [0.717, 1.165) is 4.47 Å². The van der Waals surface area contributed by atoms with Crippen molar-refractivity contribution in [2.75, 3.05) is 17.2 Å². The Bertz CT molecular complexity index is 679. The molecule has 2 rings (SSSR count). The van der Waals surface area contributed by atoms with Crippen molar-refractivity contribution in [3.05, 3.63) is 57.3 Å². The SMILES string of the molecule is CCNc1c(F)cccc1C(=O)Nc1ccc(Br)cc1Cl. The van der Waals surface area contributed by atoms with E-state index in [2.05, 4.69) is 26.6 Å². The first-order chi connectivity index (χ1) is 10.0. The monoisotopic (exact) mass is 370 g/mol. The Balaban J connectivity index is 2.30. The Labute approximate surface area is 135 Å². The van der Waals surface area contributed by atoms with Crippen molar-refractivity contribution in [1.82, 2.24) is 0 Å². The number of benzene rings is 2. The van der Waals surface area contributed by atoms with Gasteiger partial charge in [-0.2, -0.15) is 0 Å². The van der Waals surface area contributed by atoms with Crippen molar-refractivity contribution >= 4 is 44.8 Å². The number of hydrogen-bond acceptors (Lipinski definition) is 2. The summed E-state index contributed by atoms with van der Waals surface area (Å²) < 4.78 is 14.6. The lowest BCUT2D eigenvalue weighted by Gasteiger charge is -2.12. The van der Waals surface area contributed by atoms with Crippen molar-refractivity contribution in [1.29, 1.82) is 0 Å². The Morgan fingerprint density at radius 1 is 1.33 bits per heavy atom. The molecule has 110 valence electrons. The fourth-order valence-electron chi connectivity index (χ4n) is 1.85. The third-order valence-electron chi connectivity index (χ3n) is 2.79. The molecule has 21 heavy (non-hydrogen) atoms. The van der Waals surface area contributed by atoms with Crippen molar-refractivity contribution in [2.24, 2.45) is 0 Å². The molecule has 0 saturated heterocycles. The molecule has 0 aromatic heterocycles. The molecule has 0 heterocycles. The van der Waals surface area contributed by atoms with E-state index in [4.69, 9.17) is 11.6 Å². The third kappa shape index (κ3) is 3.74. The molecule has 0 bridgehead atoms. The zero-order valence-corrected chi connectivity index (χ0v) is 13.6. The predicted octanol–water partition coefficient (Wildman–Crippen LogP) is 4.93. The number of hydrogen-bond donors (Lipinski definition) is 2. The summed E-state index contributed by atoms with van der Waals surface area (Å²) in [5.41, 5.74) is 0.887. The molecule has 0 radical (unpaired) electrons. The molecule has 0 aliphatic heterocycles. The van der Waals surface area contributed by atoms with Gasteiger partial charge in [0.1, 0.15) is 5.82 Å². The summed E-state index contributed by atoms with van der Waals surface area (Å²) in [6, 6.07) is 9.47. The van der Waals surface area contributed by atoms with Crippen molar-refractivity contribution in [2.45, 2.75) is 6.92 Å². The van der Waals surface area contributed by atoms with Crippen LogP contribution >= 0.6 is 27.5 Å². The van der Waals surface area contributed by atoms with E-state index in [1.807, 2.05) is 6.92 Å². The van der Waals surface area contributed by atoms with Crippen molar-refractivity contribution in [3.8, 4) is 0 Å². The van der Waals surface area contributed by atoms with Gasteiger partial charge in [-0.25, -0.2) is 4.39 Å².